The lowest BCUT2D eigenvalue weighted by molar-refractivity contribution is -0.140. The highest BCUT2D eigenvalue weighted by Crippen LogP contribution is 2.30. The largest absolute Gasteiger partial charge is 0.495 e. The smallest absolute Gasteiger partial charge is 0.244 e. The predicted octanol–water partition coefficient (Wildman–Crippen LogP) is 4.32. The molecule has 214 valence electrons. The van der Waals surface area contributed by atoms with Crippen molar-refractivity contribution < 1.29 is 22.7 Å². The van der Waals surface area contributed by atoms with Crippen LogP contribution in [0, 0.1) is 6.92 Å². The summed E-state index contributed by atoms with van der Waals surface area (Å²) in [5.41, 5.74) is 2.47. The number of carbonyl (C=O) groups is 2. The third-order valence-corrected chi connectivity index (χ3v) is 7.40. The summed E-state index contributed by atoms with van der Waals surface area (Å²) in [4.78, 5) is 29.4. The molecule has 1 unspecified atom stereocenters. The minimum Gasteiger partial charge on any atom is -0.495 e. The van der Waals surface area contributed by atoms with Crippen LogP contribution in [0.3, 0.4) is 0 Å². The predicted molar refractivity (Wildman–Crippen MR) is 159 cm³/mol. The monoisotopic (exact) mass is 565 g/mol. The van der Waals surface area contributed by atoms with Crippen LogP contribution in [0.5, 0.6) is 5.75 Å². The lowest BCUT2D eigenvalue weighted by atomic mass is 10.0. The van der Waals surface area contributed by atoms with Crippen molar-refractivity contribution in [1.82, 2.24) is 10.2 Å². The normalized spacial score (nSPS) is 12.3. The highest BCUT2D eigenvalue weighted by Gasteiger charge is 2.34. The Morgan fingerprint density at radius 3 is 2.08 bits per heavy atom. The number of amides is 2. The Bertz CT molecular complexity index is 1400. The van der Waals surface area contributed by atoms with Crippen molar-refractivity contribution in [2.45, 2.75) is 52.2 Å². The summed E-state index contributed by atoms with van der Waals surface area (Å²) in [7, 11) is -2.44. The van der Waals surface area contributed by atoms with Gasteiger partial charge in [-0.15, -0.1) is 0 Å². The number of anilines is 1. The molecule has 0 radical (unpaired) electrons. The van der Waals surface area contributed by atoms with Gasteiger partial charge < -0.3 is 15.0 Å². The molecule has 1 N–H and O–H groups in total. The van der Waals surface area contributed by atoms with Crippen LogP contribution in [0.1, 0.15) is 37.5 Å². The molecular weight excluding hydrogens is 526 g/mol. The zero-order valence-corrected chi connectivity index (χ0v) is 24.9. The van der Waals surface area contributed by atoms with E-state index in [-0.39, 0.29) is 24.6 Å². The van der Waals surface area contributed by atoms with E-state index in [1.165, 1.54) is 12.0 Å². The molecule has 0 aliphatic rings. The molecule has 2 amide bonds. The maximum absolute atomic E-state index is 14.1. The van der Waals surface area contributed by atoms with Crippen molar-refractivity contribution in [1.29, 1.82) is 0 Å². The molecule has 0 aliphatic heterocycles. The first-order chi connectivity index (χ1) is 18.8. The summed E-state index contributed by atoms with van der Waals surface area (Å²) in [5.74, 6) is -0.515. The molecular formula is C31H39N3O5S. The van der Waals surface area contributed by atoms with Crippen LogP contribution in [-0.2, 0) is 32.6 Å². The third-order valence-electron chi connectivity index (χ3n) is 6.28. The topological polar surface area (TPSA) is 96.0 Å². The number of ether oxygens (including phenoxy) is 1. The Morgan fingerprint density at radius 1 is 0.900 bits per heavy atom. The van der Waals surface area contributed by atoms with E-state index in [1.807, 2.05) is 82.3 Å². The molecule has 0 aliphatic carbocycles. The molecule has 3 aromatic carbocycles. The van der Waals surface area contributed by atoms with Crippen LogP contribution < -0.4 is 14.4 Å². The molecule has 8 nitrogen and oxygen atoms in total. The molecule has 0 heterocycles. The van der Waals surface area contributed by atoms with Crippen molar-refractivity contribution in [2.75, 3.05) is 24.2 Å². The second kappa shape index (κ2) is 13.0. The number of benzene rings is 3. The Morgan fingerprint density at radius 2 is 1.50 bits per heavy atom. The number of nitrogens with one attached hydrogen (secondary N) is 1. The summed E-state index contributed by atoms with van der Waals surface area (Å²) in [6.07, 6.45) is 1.30. The van der Waals surface area contributed by atoms with Gasteiger partial charge in [0.25, 0.3) is 0 Å². The minimum absolute atomic E-state index is 0.123. The molecule has 0 saturated carbocycles. The fraction of sp³-hybridized carbons (Fsp3) is 0.355. The van der Waals surface area contributed by atoms with Gasteiger partial charge in [-0.25, -0.2) is 8.42 Å². The van der Waals surface area contributed by atoms with E-state index in [2.05, 4.69) is 5.32 Å². The quantitative estimate of drug-likeness (QED) is 0.374. The zero-order valence-electron chi connectivity index (χ0n) is 24.0. The molecule has 1 atom stereocenters. The van der Waals surface area contributed by atoms with Crippen molar-refractivity contribution in [3.63, 3.8) is 0 Å². The fourth-order valence-corrected chi connectivity index (χ4v) is 5.18. The zero-order chi connectivity index (χ0) is 29.5. The van der Waals surface area contributed by atoms with Crippen LogP contribution in [0.25, 0.3) is 0 Å². The molecule has 0 bridgehead atoms. The van der Waals surface area contributed by atoms with Crippen LogP contribution in [0.2, 0.25) is 0 Å². The second-order valence-electron chi connectivity index (χ2n) is 10.9. The molecule has 0 saturated heterocycles. The van der Waals surface area contributed by atoms with Gasteiger partial charge in [0.15, 0.2) is 0 Å². The maximum Gasteiger partial charge on any atom is 0.244 e. The van der Waals surface area contributed by atoms with Crippen LogP contribution in [0.4, 0.5) is 5.69 Å². The SMILES string of the molecule is COc1ccccc1N(CC(=O)N(Cc1ccc(C)cc1)C(Cc1ccccc1)C(=O)NC(C)(C)C)S(C)(=O)=O. The molecule has 0 aromatic heterocycles. The summed E-state index contributed by atoms with van der Waals surface area (Å²) in [5, 5.41) is 3.02. The molecule has 3 rings (SSSR count). The highest BCUT2D eigenvalue weighted by molar-refractivity contribution is 7.92. The van der Waals surface area contributed by atoms with Gasteiger partial charge in [0.1, 0.15) is 18.3 Å². The van der Waals surface area contributed by atoms with E-state index in [4.69, 9.17) is 4.74 Å². The summed E-state index contributed by atoms with van der Waals surface area (Å²) in [6, 6.07) is 22.9. The Hall–Kier alpha value is -3.85. The van der Waals surface area contributed by atoms with Gasteiger partial charge >= 0.3 is 0 Å². The van der Waals surface area contributed by atoms with Gasteiger partial charge in [-0.05, 0) is 51.0 Å². The Kier molecular flexibility index (Phi) is 9.98. The van der Waals surface area contributed by atoms with E-state index in [9.17, 15) is 18.0 Å². The number of methoxy groups -OCH3 is 1. The van der Waals surface area contributed by atoms with Crippen LogP contribution in [0.15, 0.2) is 78.9 Å². The lowest BCUT2D eigenvalue weighted by Crippen LogP contribution is -2.56. The average Bonchev–Trinajstić information content (AvgIpc) is 2.89. The van der Waals surface area contributed by atoms with Gasteiger partial charge in [-0.3, -0.25) is 13.9 Å². The third kappa shape index (κ3) is 8.58. The van der Waals surface area contributed by atoms with Crippen molar-refractivity contribution in [3.05, 3.63) is 95.6 Å². The van der Waals surface area contributed by atoms with E-state index < -0.39 is 34.1 Å². The maximum atomic E-state index is 14.1. The number of aryl methyl sites for hydroxylation is 1. The number of rotatable bonds is 11. The van der Waals surface area contributed by atoms with Crippen LogP contribution in [-0.4, -0.2) is 56.6 Å². The first kappa shape index (κ1) is 30.7. The number of nitrogens with zero attached hydrogens (tertiary/aromatic N) is 2. The van der Waals surface area contributed by atoms with Gasteiger partial charge in [-0.1, -0.05) is 72.3 Å². The average molecular weight is 566 g/mol. The Labute approximate surface area is 238 Å². The van der Waals surface area contributed by atoms with Gasteiger partial charge in [0.05, 0.1) is 19.1 Å². The number of hydrogen-bond acceptors (Lipinski definition) is 5. The molecule has 40 heavy (non-hydrogen) atoms. The van der Waals surface area contributed by atoms with Crippen LogP contribution >= 0.6 is 0 Å². The molecule has 3 aromatic rings. The first-order valence-corrected chi connectivity index (χ1v) is 14.9. The second-order valence-corrected chi connectivity index (χ2v) is 12.8. The molecule has 0 spiro atoms. The first-order valence-electron chi connectivity index (χ1n) is 13.1. The Balaban J connectivity index is 2.09. The fourth-order valence-electron chi connectivity index (χ4n) is 4.33. The number of hydrogen-bond donors (Lipinski definition) is 1. The lowest BCUT2D eigenvalue weighted by Gasteiger charge is -2.35. The van der Waals surface area contributed by atoms with Gasteiger partial charge in [-0.2, -0.15) is 0 Å². The van der Waals surface area contributed by atoms with Crippen molar-refractivity contribution in [3.8, 4) is 5.75 Å². The highest BCUT2D eigenvalue weighted by atomic mass is 32.2. The van der Waals surface area contributed by atoms with Crippen molar-refractivity contribution >= 4 is 27.5 Å². The van der Waals surface area contributed by atoms with Gasteiger partial charge in [0.2, 0.25) is 21.8 Å². The van der Waals surface area contributed by atoms with E-state index in [0.717, 1.165) is 27.3 Å². The standard InChI is InChI=1S/C31H39N3O5S/c1-23-16-18-25(19-17-23)21-33(27(30(36)32-31(2,3)4)20-24-12-8-7-9-13-24)29(35)22-34(40(6,37)38)26-14-10-11-15-28(26)39-5/h7-19,27H,20-22H2,1-6H3,(H,32,36). The van der Waals surface area contributed by atoms with E-state index in [1.54, 1.807) is 24.3 Å². The summed E-state index contributed by atoms with van der Waals surface area (Å²) < 4.78 is 32.3. The summed E-state index contributed by atoms with van der Waals surface area (Å²) >= 11 is 0. The van der Waals surface area contributed by atoms with Crippen molar-refractivity contribution in [2.24, 2.45) is 0 Å². The molecule has 0 fully saturated rings. The number of sulfonamides is 1. The number of para-hydroxylation sites is 2. The minimum atomic E-state index is -3.89. The molecule has 9 heteroatoms. The number of carbonyl (C=O) groups excluding carboxylic acids is 2. The van der Waals surface area contributed by atoms with Gasteiger partial charge in [0, 0.05) is 18.5 Å². The van der Waals surface area contributed by atoms with E-state index in [0.29, 0.717) is 5.75 Å². The van der Waals surface area contributed by atoms with E-state index >= 15 is 0 Å². The summed E-state index contributed by atoms with van der Waals surface area (Å²) in [6.45, 7) is 7.23.